The third-order valence-electron chi connectivity index (χ3n) is 12.8. The molecule has 0 unspecified atom stereocenters. The molecule has 0 radical (unpaired) electrons. The number of methoxy groups -OCH3 is 1. The van der Waals surface area contributed by atoms with Crippen molar-refractivity contribution < 1.29 is 52.1 Å². The second-order valence-electron chi connectivity index (χ2n) is 18.1. The minimum atomic E-state index is -1.01. The van der Waals surface area contributed by atoms with E-state index in [-0.39, 0.29) is 46.2 Å². The molecular formula is C61H65NO11. The molecular weight excluding hydrogens is 923 g/mol. The number of nitrogens with zero attached hydrogens (tertiary/aromatic N) is 1. The summed E-state index contributed by atoms with van der Waals surface area (Å²) in [5, 5.41) is 0. The Kier molecular flexibility index (Phi) is 19.8. The Labute approximate surface area is 429 Å². The highest BCUT2D eigenvalue weighted by molar-refractivity contribution is 5.18. The van der Waals surface area contributed by atoms with Crippen LogP contribution in [0.15, 0.2) is 206 Å². The highest BCUT2D eigenvalue weighted by Crippen LogP contribution is 2.35. The molecule has 380 valence electrons. The molecule has 2 aliphatic heterocycles. The molecule has 3 heterocycles. The summed E-state index contributed by atoms with van der Waals surface area (Å²) in [6, 6.07) is 66.0. The quantitative estimate of drug-likeness (QED) is 0.0515. The fourth-order valence-corrected chi connectivity index (χ4v) is 9.04. The van der Waals surface area contributed by atoms with E-state index in [4.69, 9.17) is 52.1 Å². The van der Waals surface area contributed by atoms with Crippen LogP contribution in [0.3, 0.4) is 0 Å². The van der Waals surface area contributed by atoms with Crippen molar-refractivity contribution in [3.05, 3.63) is 245 Å². The van der Waals surface area contributed by atoms with E-state index < -0.39 is 61.4 Å². The van der Waals surface area contributed by atoms with E-state index in [1.807, 2.05) is 200 Å². The number of hydrogen-bond donors (Lipinski definition) is 0. The van der Waals surface area contributed by atoms with Crippen molar-refractivity contribution in [2.24, 2.45) is 0 Å². The molecule has 12 nitrogen and oxygen atoms in total. The first-order valence-corrected chi connectivity index (χ1v) is 25.0. The predicted octanol–water partition coefficient (Wildman–Crippen LogP) is 10.2. The second-order valence-corrected chi connectivity index (χ2v) is 18.1. The van der Waals surface area contributed by atoms with Crippen molar-refractivity contribution in [3.63, 3.8) is 0 Å². The van der Waals surface area contributed by atoms with Gasteiger partial charge in [0.15, 0.2) is 12.6 Å². The average Bonchev–Trinajstić information content (AvgIpc) is 3.45. The van der Waals surface area contributed by atoms with Gasteiger partial charge in [0.2, 0.25) is 0 Å². The number of pyridine rings is 1. The van der Waals surface area contributed by atoms with Gasteiger partial charge in [0.25, 0.3) is 0 Å². The van der Waals surface area contributed by atoms with Crippen LogP contribution in [0.5, 0.6) is 0 Å². The Morgan fingerprint density at radius 3 is 1.03 bits per heavy atom. The largest absolute Gasteiger partial charge is 0.372 e. The molecule has 73 heavy (non-hydrogen) atoms. The molecule has 1 aromatic heterocycles. The third-order valence-corrected chi connectivity index (χ3v) is 12.8. The maximum atomic E-state index is 7.08. The monoisotopic (exact) mass is 987 g/mol. The number of benzene rings is 6. The highest BCUT2D eigenvalue weighted by atomic mass is 16.7. The SMILES string of the molecule is CO[C@H]1O[C@H](CO[C@@H]2O[C@H](COCc3ccccn3)[C@@H](OCc3ccccc3)[C@H](OCc3ccccc3)[C@H]2OCc2ccccc2)[C@@H](OCc2ccccc2)[C@H](OCc2ccccc2)[C@H]1OCc1ccccc1. The number of ether oxygens (including phenoxy) is 11. The van der Waals surface area contributed by atoms with Crippen molar-refractivity contribution in [2.75, 3.05) is 20.3 Å². The Morgan fingerprint density at radius 2 is 0.658 bits per heavy atom. The Morgan fingerprint density at radius 1 is 0.329 bits per heavy atom. The zero-order valence-electron chi connectivity index (χ0n) is 41.2. The van der Waals surface area contributed by atoms with Gasteiger partial charge in [-0.2, -0.15) is 0 Å². The lowest BCUT2D eigenvalue weighted by atomic mass is 9.96. The van der Waals surface area contributed by atoms with Crippen molar-refractivity contribution >= 4 is 0 Å². The summed E-state index contributed by atoms with van der Waals surface area (Å²) in [5.41, 5.74) is 6.72. The van der Waals surface area contributed by atoms with Crippen LogP contribution in [-0.2, 0) is 98.4 Å². The van der Waals surface area contributed by atoms with E-state index in [0.717, 1.165) is 39.1 Å². The first kappa shape index (κ1) is 51.9. The van der Waals surface area contributed by atoms with Crippen molar-refractivity contribution in [1.82, 2.24) is 4.98 Å². The van der Waals surface area contributed by atoms with E-state index in [1.165, 1.54) is 0 Å². The van der Waals surface area contributed by atoms with Gasteiger partial charge in [-0.15, -0.1) is 0 Å². The van der Waals surface area contributed by atoms with Gasteiger partial charge in [0, 0.05) is 13.3 Å². The van der Waals surface area contributed by atoms with Crippen LogP contribution < -0.4 is 0 Å². The molecule has 0 N–H and O–H groups in total. The molecule has 0 spiro atoms. The molecule has 2 aliphatic rings. The van der Waals surface area contributed by atoms with Crippen LogP contribution in [0.4, 0.5) is 0 Å². The molecule has 12 heteroatoms. The molecule has 10 atom stereocenters. The standard InChI is InChI=1S/C61H65NO11/c1-63-60-58(69-40-49-30-16-6-17-31-49)56(67-38-47-26-12-4-13-27-47)55(66-37-46-24-10-3-11-25-46)53(72-60)44-71-61-59(70-41-50-32-18-7-19-33-50)57(68-39-48-28-14-5-15-29-48)54(65-36-45-22-8-2-9-23-45)52(73-61)43-64-42-51-34-20-21-35-62-51/h2-35,52-61H,36-44H2,1H3/t52-,53-,54-,55-,56+,57+,58-,59-,60+,61-/m1/s1. The molecule has 9 rings (SSSR count). The van der Waals surface area contributed by atoms with Gasteiger partial charge in [-0.25, -0.2) is 0 Å². The first-order valence-electron chi connectivity index (χ1n) is 25.0. The van der Waals surface area contributed by atoms with E-state index >= 15 is 0 Å². The summed E-state index contributed by atoms with van der Waals surface area (Å²) in [4.78, 5) is 4.50. The lowest BCUT2D eigenvalue weighted by Crippen LogP contribution is -2.64. The molecule has 2 fully saturated rings. The van der Waals surface area contributed by atoms with Crippen molar-refractivity contribution in [1.29, 1.82) is 0 Å². The van der Waals surface area contributed by atoms with Gasteiger partial charge in [0.05, 0.1) is 65.2 Å². The van der Waals surface area contributed by atoms with Gasteiger partial charge in [-0.3, -0.25) is 4.98 Å². The molecule has 0 amide bonds. The Hall–Kier alpha value is -5.97. The van der Waals surface area contributed by atoms with Crippen LogP contribution in [-0.4, -0.2) is 86.7 Å². The Bertz CT molecular complexity index is 2570. The van der Waals surface area contributed by atoms with Gasteiger partial charge >= 0.3 is 0 Å². The summed E-state index contributed by atoms with van der Waals surface area (Å²) in [7, 11) is 1.61. The molecule has 0 saturated carbocycles. The molecule has 6 aromatic carbocycles. The summed E-state index contributed by atoms with van der Waals surface area (Å²) in [5.74, 6) is 0. The average molecular weight is 988 g/mol. The smallest absolute Gasteiger partial charge is 0.187 e. The maximum absolute atomic E-state index is 7.08. The van der Waals surface area contributed by atoms with Crippen molar-refractivity contribution in [2.45, 2.75) is 108 Å². The number of hydrogen-bond acceptors (Lipinski definition) is 12. The van der Waals surface area contributed by atoms with Gasteiger partial charge in [-0.05, 0) is 45.5 Å². The van der Waals surface area contributed by atoms with E-state index in [2.05, 4.69) is 4.98 Å². The predicted molar refractivity (Wildman–Crippen MR) is 274 cm³/mol. The molecule has 2 saturated heterocycles. The fraction of sp³-hybridized carbons (Fsp3) is 0.328. The van der Waals surface area contributed by atoms with Gasteiger partial charge in [-0.1, -0.05) is 188 Å². The van der Waals surface area contributed by atoms with Crippen LogP contribution in [0.25, 0.3) is 0 Å². The van der Waals surface area contributed by atoms with Crippen LogP contribution in [0, 0.1) is 0 Å². The zero-order valence-corrected chi connectivity index (χ0v) is 41.2. The summed E-state index contributed by atoms with van der Waals surface area (Å²) in [6.07, 6.45) is -5.84. The number of aromatic nitrogens is 1. The second kappa shape index (κ2) is 27.9. The lowest BCUT2D eigenvalue weighted by Gasteiger charge is -2.48. The molecule has 0 aliphatic carbocycles. The maximum Gasteiger partial charge on any atom is 0.187 e. The van der Waals surface area contributed by atoms with Crippen LogP contribution >= 0.6 is 0 Å². The highest BCUT2D eigenvalue weighted by Gasteiger charge is 2.52. The van der Waals surface area contributed by atoms with Crippen LogP contribution in [0.1, 0.15) is 39.1 Å². The van der Waals surface area contributed by atoms with E-state index in [0.29, 0.717) is 13.2 Å². The minimum absolute atomic E-state index is 0.0196. The van der Waals surface area contributed by atoms with E-state index in [1.54, 1.807) is 13.3 Å². The minimum Gasteiger partial charge on any atom is -0.372 e. The molecule has 7 aromatic rings. The lowest BCUT2D eigenvalue weighted by molar-refractivity contribution is -0.351. The topological polar surface area (TPSA) is 114 Å². The van der Waals surface area contributed by atoms with Crippen LogP contribution in [0.2, 0.25) is 0 Å². The third kappa shape index (κ3) is 15.3. The first-order chi connectivity index (χ1) is 36.2. The summed E-state index contributed by atoms with van der Waals surface area (Å²) in [6.45, 7) is 2.05. The Balaban J connectivity index is 1.05. The molecule has 0 bridgehead atoms. The van der Waals surface area contributed by atoms with Crippen molar-refractivity contribution in [3.8, 4) is 0 Å². The fourth-order valence-electron chi connectivity index (χ4n) is 9.04. The summed E-state index contributed by atoms with van der Waals surface area (Å²) < 4.78 is 75.0. The van der Waals surface area contributed by atoms with Gasteiger partial charge in [0.1, 0.15) is 48.8 Å². The van der Waals surface area contributed by atoms with Gasteiger partial charge < -0.3 is 52.1 Å². The van der Waals surface area contributed by atoms with E-state index in [9.17, 15) is 0 Å². The normalized spacial score (nSPS) is 24.0. The number of rotatable bonds is 26. The zero-order chi connectivity index (χ0) is 49.7. The summed E-state index contributed by atoms with van der Waals surface area (Å²) >= 11 is 0.